The summed E-state index contributed by atoms with van der Waals surface area (Å²) >= 11 is 1.78. The monoisotopic (exact) mass is 487 g/mol. The molecule has 0 bridgehead atoms. The van der Waals surface area contributed by atoms with Gasteiger partial charge >= 0.3 is 0 Å². The lowest BCUT2D eigenvalue weighted by Gasteiger charge is -2.14. The Morgan fingerprint density at radius 2 is 2.04 bits per heavy atom. The topological polar surface area (TPSA) is 54.9 Å². The van der Waals surface area contributed by atoms with Crippen molar-refractivity contribution in [2.45, 2.75) is 26.2 Å². The number of hydrogen-bond acceptors (Lipinski definition) is 4. The molecule has 26 heavy (non-hydrogen) atoms. The van der Waals surface area contributed by atoms with E-state index in [2.05, 4.69) is 40.1 Å². The number of guanidine groups is 1. The summed E-state index contributed by atoms with van der Waals surface area (Å²) in [5, 5.41) is 8.89. The van der Waals surface area contributed by atoms with E-state index in [9.17, 15) is 0 Å². The molecule has 2 aromatic rings. The summed E-state index contributed by atoms with van der Waals surface area (Å²) in [6.07, 6.45) is 2.91. The standard InChI is InChI=1S/C19H25N3O2S.HI/c1-2-9-20-19(21-10-8-16-5-3-13-25-16)22-15-6-7-17-18(14-15)24-12-4-11-23-17;/h3,5-7,13-14H,2,4,8-12H2,1H3,(H2,20,21,22);1H. The number of nitrogens with one attached hydrogen (secondary N) is 2. The molecule has 0 spiro atoms. The molecular weight excluding hydrogens is 461 g/mol. The third kappa shape index (κ3) is 6.35. The van der Waals surface area contributed by atoms with Gasteiger partial charge in [0.2, 0.25) is 0 Å². The van der Waals surface area contributed by atoms with Gasteiger partial charge in [-0.15, -0.1) is 35.3 Å². The fraction of sp³-hybridized carbons (Fsp3) is 0.421. The molecule has 0 amide bonds. The van der Waals surface area contributed by atoms with E-state index in [4.69, 9.17) is 9.47 Å². The van der Waals surface area contributed by atoms with Gasteiger partial charge in [-0.3, -0.25) is 4.99 Å². The van der Waals surface area contributed by atoms with Gasteiger partial charge in [0.1, 0.15) is 0 Å². The van der Waals surface area contributed by atoms with E-state index in [0.29, 0.717) is 13.2 Å². The van der Waals surface area contributed by atoms with Gasteiger partial charge in [-0.1, -0.05) is 13.0 Å². The zero-order valence-corrected chi connectivity index (χ0v) is 18.1. The molecule has 0 saturated carbocycles. The lowest BCUT2D eigenvalue weighted by molar-refractivity contribution is 0.297. The van der Waals surface area contributed by atoms with Crippen molar-refractivity contribution >= 4 is 47.0 Å². The average Bonchev–Trinajstić information content (AvgIpc) is 3.03. The van der Waals surface area contributed by atoms with E-state index < -0.39 is 0 Å². The number of anilines is 1. The predicted molar refractivity (Wildman–Crippen MR) is 120 cm³/mol. The Labute approximate surface area is 176 Å². The minimum Gasteiger partial charge on any atom is -0.490 e. The second kappa shape index (κ2) is 11.3. The molecule has 0 atom stereocenters. The first-order chi connectivity index (χ1) is 12.3. The zero-order valence-electron chi connectivity index (χ0n) is 15.0. The normalized spacial score (nSPS) is 13.5. The van der Waals surface area contributed by atoms with Crippen LogP contribution in [0.5, 0.6) is 11.5 Å². The number of halogens is 1. The Morgan fingerprint density at radius 3 is 2.81 bits per heavy atom. The molecule has 0 saturated heterocycles. The van der Waals surface area contributed by atoms with Crippen molar-refractivity contribution in [2.75, 3.05) is 31.6 Å². The average molecular weight is 487 g/mol. The van der Waals surface area contributed by atoms with Gasteiger partial charge in [0.15, 0.2) is 17.5 Å². The lowest BCUT2D eigenvalue weighted by Crippen LogP contribution is -2.32. The fourth-order valence-corrected chi connectivity index (χ4v) is 3.21. The summed E-state index contributed by atoms with van der Waals surface area (Å²) in [5.41, 5.74) is 0.947. The Bertz CT molecular complexity index is 692. The number of aliphatic imine (C=N–C) groups is 1. The number of ether oxygens (including phenoxy) is 2. The van der Waals surface area contributed by atoms with Crippen molar-refractivity contribution < 1.29 is 9.47 Å². The van der Waals surface area contributed by atoms with Crippen LogP contribution >= 0.6 is 35.3 Å². The van der Waals surface area contributed by atoms with Crippen LogP contribution in [0.25, 0.3) is 0 Å². The Kier molecular flexibility index (Phi) is 9.04. The van der Waals surface area contributed by atoms with Gasteiger partial charge in [-0.05, 0) is 36.4 Å². The number of fused-ring (bicyclic) bond motifs is 1. The minimum atomic E-state index is 0. The molecule has 2 N–H and O–H groups in total. The van der Waals surface area contributed by atoms with Gasteiger partial charge in [0, 0.05) is 36.1 Å². The van der Waals surface area contributed by atoms with Crippen molar-refractivity contribution in [2.24, 2.45) is 4.99 Å². The van der Waals surface area contributed by atoms with Crippen LogP contribution in [0.1, 0.15) is 24.6 Å². The summed E-state index contributed by atoms with van der Waals surface area (Å²) in [5.74, 6) is 2.39. The third-order valence-corrected chi connectivity index (χ3v) is 4.68. The number of hydrogen-bond donors (Lipinski definition) is 2. The molecule has 1 aliphatic rings. The highest BCUT2D eigenvalue weighted by molar-refractivity contribution is 14.0. The Morgan fingerprint density at radius 1 is 1.19 bits per heavy atom. The predicted octanol–water partition coefficient (Wildman–Crippen LogP) is 4.54. The van der Waals surface area contributed by atoms with Crippen molar-refractivity contribution in [3.8, 4) is 11.5 Å². The van der Waals surface area contributed by atoms with E-state index in [1.165, 1.54) is 4.88 Å². The van der Waals surface area contributed by atoms with Crippen LogP contribution in [-0.4, -0.2) is 32.3 Å². The van der Waals surface area contributed by atoms with Crippen molar-refractivity contribution in [3.05, 3.63) is 40.6 Å². The highest BCUT2D eigenvalue weighted by atomic mass is 127. The molecule has 5 nitrogen and oxygen atoms in total. The molecule has 142 valence electrons. The second-order valence-electron chi connectivity index (χ2n) is 5.82. The Balaban J connectivity index is 0.00000243. The van der Waals surface area contributed by atoms with Crippen LogP contribution in [0.4, 0.5) is 5.69 Å². The molecule has 7 heteroatoms. The first-order valence-corrected chi connectivity index (χ1v) is 9.70. The smallest absolute Gasteiger partial charge is 0.195 e. The molecule has 2 heterocycles. The van der Waals surface area contributed by atoms with Crippen LogP contribution in [0.3, 0.4) is 0 Å². The van der Waals surface area contributed by atoms with Crippen LogP contribution in [-0.2, 0) is 6.42 Å². The van der Waals surface area contributed by atoms with Gasteiger partial charge in [0.05, 0.1) is 13.2 Å². The van der Waals surface area contributed by atoms with Crippen LogP contribution in [0.2, 0.25) is 0 Å². The van der Waals surface area contributed by atoms with Gasteiger partial charge in [-0.2, -0.15) is 0 Å². The molecule has 1 aromatic carbocycles. The molecule has 3 rings (SSSR count). The quantitative estimate of drug-likeness (QED) is 0.357. The SMILES string of the molecule is CCCN=C(NCCc1cccs1)Nc1ccc2c(c1)OCCCO2.I. The lowest BCUT2D eigenvalue weighted by atomic mass is 10.2. The highest BCUT2D eigenvalue weighted by Crippen LogP contribution is 2.32. The third-order valence-electron chi connectivity index (χ3n) is 3.75. The van der Waals surface area contributed by atoms with Crippen molar-refractivity contribution in [1.82, 2.24) is 5.32 Å². The maximum absolute atomic E-state index is 5.76. The highest BCUT2D eigenvalue weighted by Gasteiger charge is 2.11. The van der Waals surface area contributed by atoms with E-state index >= 15 is 0 Å². The molecule has 1 aliphatic heterocycles. The van der Waals surface area contributed by atoms with Crippen molar-refractivity contribution in [3.63, 3.8) is 0 Å². The summed E-state index contributed by atoms with van der Waals surface area (Å²) in [6.45, 7) is 5.15. The molecule has 0 fully saturated rings. The molecular formula is C19H26IN3O2S. The summed E-state index contributed by atoms with van der Waals surface area (Å²) in [7, 11) is 0. The van der Waals surface area contributed by atoms with Gasteiger partial charge in [-0.25, -0.2) is 0 Å². The fourth-order valence-electron chi connectivity index (χ4n) is 2.50. The van der Waals surface area contributed by atoms with Crippen LogP contribution < -0.4 is 20.1 Å². The van der Waals surface area contributed by atoms with E-state index in [1.54, 1.807) is 11.3 Å². The Hall–Kier alpha value is -1.48. The summed E-state index contributed by atoms with van der Waals surface area (Å²) in [6, 6.07) is 10.2. The van der Waals surface area contributed by atoms with E-state index in [-0.39, 0.29) is 24.0 Å². The van der Waals surface area contributed by atoms with E-state index in [0.717, 1.165) is 55.5 Å². The maximum Gasteiger partial charge on any atom is 0.195 e. The minimum absolute atomic E-state index is 0. The zero-order chi connectivity index (χ0) is 17.3. The largest absolute Gasteiger partial charge is 0.490 e. The number of benzene rings is 1. The van der Waals surface area contributed by atoms with Crippen molar-refractivity contribution in [1.29, 1.82) is 0 Å². The number of nitrogens with zero attached hydrogens (tertiary/aromatic N) is 1. The molecule has 0 aliphatic carbocycles. The molecule has 1 aromatic heterocycles. The first-order valence-electron chi connectivity index (χ1n) is 8.82. The molecule has 0 unspecified atom stereocenters. The number of thiophene rings is 1. The maximum atomic E-state index is 5.76. The summed E-state index contributed by atoms with van der Waals surface area (Å²) < 4.78 is 11.4. The first kappa shape index (κ1) is 20.8. The summed E-state index contributed by atoms with van der Waals surface area (Å²) in [4.78, 5) is 5.99. The number of rotatable bonds is 6. The van der Waals surface area contributed by atoms with E-state index in [1.807, 2.05) is 18.2 Å². The van der Waals surface area contributed by atoms with Gasteiger partial charge < -0.3 is 20.1 Å². The molecule has 0 radical (unpaired) electrons. The van der Waals surface area contributed by atoms with Crippen LogP contribution in [0.15, 0.2) is 40.7 Å². The van der Waals surface area contributed by atoms with Gasteiger partial charge in [0.25, 0.3) is 0 Å². The second-order valence-corrected chi connectivity index (χ2v) is 6.86. The van der Waals surface area contributed by atoms with Crippen LogP contribution in [0, 0.1) is 0 Å².